The van der Waals surface area contributed by atoms with Crippen LogP contribution in [-0.4, -0.2) is 75.6 Å². The third kappa shape index (κ3) is 11.1. The van der Waals surface area contributed by atoms with Gasteiger partial charge >= 0.3 is 18.7 Å². The summed E-state index contributed by atoms with van der Waals surface area (Å²) in [6.45, 7) is 2.18. The smallest absolute Gasteiger partial charge is 0.428 e. The molecule has 0 N–H and O–H groups in total. The fraction of sp³-hybridized carbons (Fsp3) is 0.441. The number of hydrogen-bond acceptors (Lipinski definition) is 10. The van der Waals surface area contributed by atoms with E-state index in [2.05, 4.69) is 9.72 Å². The van der Waals surface area contributed by atoms with Crippen LogP contribution >= 0.6 is 23.2 Å². The van der Waals surface area contributed by atoms with Gasteiger partial charge in [0.25, 0.3) is 0 Å². The largest absolute Gasteiger partial charge is 0.489 e. The number of hydrogen-bond donors (Lipinski definition) is 0. The molecule has 0 bridgehead atoms. The molecule has 2 aromatic carbocycles. The molecule has 4 rings (SSSR count). The van der Waals surface area contributed by atoms with Crippen LogP contribution in [0.5, 0.6) is 11.5 Å². The van der Waals surface area contributed by atoms with E-state index in [-0.39, 0.29) is 51.5 Å². The van der Waals surface area contributed by atoms with Gasteiger partial charge in [0.2, 0.25) is 10.0 Å². The van der Waals surface area contributed by atoms with E-state index in [4.69, 9.17) is 37.4 Å². The molecular weight excluding hydrogens is 719 g/mol. The first-order valence-corrected chi connectivity index (χ1v) is 18.0. The van der Waals surface area contributed by atoms with E-state index in [0.29, 0.717) is 28.0 Å². The lowest BCUT2D eigenvalue weighted by Gasteiger charge is -2.27. The quantitative estimate of drug-likeness (QED) is 0.144. The Bertz CT molecular complexity index is 1750. The Hall–Kier alpha value is -3.72. The number of benzene rings is 2. The number of aromatic nitrogens is 1. The molecule has 3 aromatic rings. The summed E-state index contributed by atoms with van der Waals surface area (Å²) in [5.74, 6) is -1.03. The number of anilines is 1. The van der Waals surface area contributed by atoms with E-state index >= 15 is 0 Å². The van der Waals surface area contributed by atoms with Crippen LogP contribution in [0.15, 0.2) is 54.9 Å². The number of carbonyl (C=O) groups is 2. The van der Waals surface area contributed by atoms with Crippen LogP contribution in [0.1, 0.15) is 61.2 Å². The third-order valence-corrected chi connectivity index (χ3v) is 9.56. The molecule has 1 fully saturated rings. The predicted octanol–water partition coefficient (Wildman–Crippen LogP) is 7.55. The zero-order valence-electron chi connectivity index (χ0n) is 28.2. The van der Waals surface area contributed by atoms with Crippen molar-refractivity contribution in [3.63, 3.8) is 0 Å². The highest BCUT2D eigenvalue weighted by atomic mass is 35.5. The maximum Gasteiger partial charge on any atom is 0.428 e. The summed E-state index contributed by atoms with van der Waals surface area (Å²) < 4.78 is 75.4. The fourth-order valence-corrected chi connectivity index (χ4v) is 6.58. The summed E-state index contributed by atoms with van der Waals surface area (Å²) in [4.78, 5) is 32.4. The molecule has 1 heterocycles. The van der Waals surface area contributed by atoms with Gasteiger partial charge in [0.1, 0.15) is 11.7 Å². The normalized spacial score (nSPS) is 14.0. The zero-order chi connectivity index (χ0) is 36.8. The predicted molar refractivity (Wildman–Crippen MR) is 185 cm³/mol. The fourth-order valence-electron chi connectivity index (χ4n) is 4.57. The Morgan fingerprint density at radius 2 is 1.64 bits per heavy atom. The number of amides is 1. The van der Waals surface area contributed by atoms with Crippen LogP contribution in [0.4, 0.5) is 19.3 Å². The average Bonchev–Trinajstić information content (AvgIpc) is 3.85. The van der Waals surface area contributed by atoms with Crippen molar-refractivity contribution in [2.24, 2.45) is 5.92 Å². The van der Waals surface area contributed by atoms with Crippen molar-refractivity contribution < 1.29 is 45.7 Å². The van der Waals surface area contributed by atoms with Crippen molar-refractivity contribution in [3.8, 4) is 11.5 Å². The Kier molecular flexibility index (Phi) is 12.9. The van der Waals surface area contributed by atoms with Crippen molar-refractivity contribution in [1.82, 2.24) is 9.88 Å². The Morgan fingerprint density at radius 3 is 2.20 bits per heavy atom. The van der Waals surface area contributed by atoms with Gasteiger partial charge in [0.05, 0.1) is 33.7 Å². The molecule has 50 heavy (non-hydrogen) atoms. The number of ether oxygens (including phenoxy) is 4. The first kappa shape index (κ1) is 39.1. The minimum Gasteiger partial charge on any atom is -0.489 e. The van der Waals surface area contributed by atoms with Gasteiger partial charge in [-0.05, 0) is 101 Å². The highest BCUT2D eigenvalue weighted by Crippen LogP contribution is 2.38. The van der Waals surface area contributed by atoms with Gasteiger partial charge in [-0.2, -0.15) is 13.1 Å². The molecule has 1 atom stereocenters. The van der Waals surface area contributed by atoms with Crippen LogP contribution in [0.2, 0.25) is 10.0 Å². The summed E-state index contributed by atoms with van der Waals surface area (Å²) in [5, 5.41) is 0.423. The van der Waals surface area contributed by atoms with Crippen molar-refractivity contribution in [2.75, 3.05) is 37.3 Å². The standard InChI is InChI=1S/C34H39Cl2F2N3O8S/c1-34(2,3)49-33(43)41(50(44,45)15-14-40(4)5)24-11-8-22(9-12-24)31(42)47-29(17-25-26(35)18-39-19-27(25)36)23-10-13-28(48-32(37)38)30(16-23)46-20-21-6-7-21/h8-13,16,18-19,21,29,32H,6-7,14-15,17,20H2,1-5H3/t29-/m0/s1. The third-order valence-electron chi connectivity index (χ3n) is 7.29. The second-order valence-electron chi connectivity index (χ2n) is 12.9. The van der Waals surface area contributed by atoms with Gasteiger partial charge in [-0.1, -0.05) is 29.3 Å². The second-order valence-corrected chi connectivity index (χ2v) is 15.7. The first-order valence-electron chi connectivity index (χ1n) is 15.6. The average molecular weight is 759 g/mol. The Labute approximate surface area is 300 Å². The maximum atomic E-state index is 13.6. The lowest BCUT2D eigenvalue weighted by atomic mass is 10.0. The zero-order valence-corrected chi connectivity index (χ0v) is 30.5. The summed E-state index contributed by atoms with van der Waals surface area (Å²) in [5.41, 5.74) is -0.231. The van der Waals surface area contributed by atoms with Crippen molar-refractivity contribution in [2.45, 2.75) is 58.4 Å². The molecule has 0 saturated heterocycles. The summed E-state index contributed by atoms with van der Waals surface area (Å²) in [7, 11) is -0.794. The molecule has 11 nitrogen and oxygen atoms in total. The van der Waals surface area contributed by atoms with Crippen molar-refractivity contribution in [3.05, 3.63) is 81.6 Å². The number of halogens is 4. The van der Waals surface area contributed by atoms with Gasteiger partial charge in [0, 0.05) is 25.4 Å². The number of carbonyl (C=O) groups excluding carboxylic acids is 2. The van der Waals surface area contributed by atoms with Crippen LogP contribution in [0.3, 0.4) is 0 Å². The van der Waals surface area contributed by atoms with E-state index in [1.165, 1.54) is 54.9 Å². The second kappa shape index (κ2) is 16.5. The summed E-state index contributed by atoms with van der Waals surface area (Å²) >= 11 is 12.8. The topological polar surface area (TPSA) is 125 Å². The van der Waals surface area contributed by atoms with Gasteiger partial charge in [-0.25, -0.2) is 18.0 Å². The number of sulfonamides is 1. The lowest BCUT2D eigenvalue weighted by Crippen LogP contribution is -2.43. The molecule has 0 unspecified atom stereocenters. The molecule has 0 aliphatic heterocycles. The molecule has 1 aliphatic carbocycles. The van der Waals surface area contributed by atoms with E-state index < -0.39 is 40.4 Å². The molecular formula is C34H39Cl2F2N3O8S. The van der Waals surface area contributed by atoms with Crippen LogP contribution < -0.4 is 13.8 Å². The molecule has 0 radical (unpaired) electrons. The Morgan fingerprint density at radius 1 is 1.00 bits per heavy atom. The van der Waals surface area contributed by atoms with E-state index in [0.717, 1.165) is 12.8 Å². The monoisotopic (exact) mass is 757 g/mol. The first-order chi connectivity index (χ1) is 23.4. The van der Waals surface area contributed by atoms with Gasteiger partial charge in [0.15, 0.2) is 11.5 Å². The summed E-state index contributed by atoms with van der Waals surface area (Å²) in [6, 6.07) is 9.42. The van der Waals surface area contributed by atoms with Crippen LogP contribution in [0.25, 0.3) is 0 Å². The highest BCUT2D eigenvalue weighted by Gasteiger charge is 2.34. The van der Waals surface area contributed by atoms with Gasteiger partial charge in [-0.3, -0.25) is 4.98 Å². The summed E-state index contributed by atoms with van der Waals surface area (Å²) in [6.07, 6.45) is 2.49. The van der Waals surface area contributed by atoms with Gasteiger partial charge < -0.3 is 23.8 Å². The van der Waals surface area contributed by atoms with Crippen LogP contribution in [0, 0.1) is 5.92 Å². The maximum absolute atomic E-state index is 13.6. The number of esters is 1. The molecule has 1 saturated carbocycles. The molecule has 1 aromatic heterocycles. The van der Waals surface area contributed by atoms with Crippen LogP contribution in [-0.2, 0) is 25.9 Å². The van der Waals surface area contributed by atoms with Crippen molar-refractivity contribution in [1.29, 1.82) is 0 Å². The van der Waals surface area contributed by atoms with Crippen molar-refractivity contribution >= 4 is 51.0 Å². The number of rotatable bonds is 15. The number of nitrogens with zero attached hydrogens (tertiary/aromatic N) is 3. The molecule has 272 valence electrons. The van der Waals surface area contributed by atoms with E-state index in [9.17, 15) is 26.8 Å². The SMILES string of the molecule is CN(C)CCS(=O)(=O)N(C(=O)OC(C)(C)C)c1ccc(C(=O)O[C@@H](Cc2c(Cl)cncc2Cl)c2ccc(OC(F)F)c(OCC3CC3)c2)cc1. The minimum atomic E-state index is -4.19. The van der Waals surface area contributed by atoms with E-state index in [1.807, 2.05) is 0 Å². The molecule has 1 aliphatic rings. The molecule has 0 spiro atoms. The molecule has 16 heteroatoms. The highest BCUT2D eigenvalue weighted by molar-refractivity contribution is 7.93. The lowest BCUT2D eigenvalue weighted by molar-refractivity contribution is -0.0515. The van der Waals surface area contributed by atoms with E-state index in [1.54, 1.807) is 39.8 Å². The van der Waals surface area contributed by atoms with Gasteiger partial charge in [-0.15, -0.1) is 0 Å². The Balaban J connectivity index is 1.66. The minimum absolute atomic E-state index is 0.0170. The number of alkyl halides is 2. The molecule has 1 amide bonds. The number of pyridine rings is 1.